The van der Waals surface area contributed by atoms with Crippen LogP contribution in [0.5, 0.6) is 0 Å². The number of carbonyl (C=O) groups is 1. The van der Waals surface area contributed by atoms with Crippen LogP contribution in [0.4, 0.5) is 0 Å². The van der Waals surface area contributed by atoms with Crippen LogP contribution in [0, 0.1) is 11.3 Å². The summed E-state index contributed by atoms with van der Waals surface area (Å²) < 4.78 is 29.4. The number of rotatable bonds is 4. The number of nitrogens with one attached hydrogen (secondary N) is 1. The zero-order valence-corrected chi connectivity index (χ0v) is 13.9. The lowest BCUT2D eigenvalue weighted by molar-refractivity contribution is -0.137. The topological polar surface area (TPSA) is 72.5 Å². The fourth-order valence-electron chi connectivity index (χ4n) is 2.97. The van der Waals surface area contributed by atoms with E-state index in [4.69, 9.17) is 0 Å². The van der Waals surface area contributed by atoms with Gasteiger partial charge < -0.3 is 10.1 Å². The second-order valence-electron chi connectivity index (χ2n) is 6.69. The van der Waals surface area contributed by atoms with Crippen LogP contribution < -0.4 is 5.32 Å². The van der Waals surface area contributed by atoms with Crippen molar-refractivity contribution in [2.75, 3.05) is 19.9 Å². The summed E-state index contributed by atoms with van der Waals surface area (Å²) in [4.78, 5) is 11.3. The number of carbonyl (C=O) groups excluding carboxylic acids is 1. The van der Waals surface area contributed by atoms with Gasteiger partial charge in [0.1, 0.15) is 5.75 Å². The standard InChI is InChI=1S/C14H27NO4S/c1-14(2,3)10-6-7-11(15-4)12(8-10)20(17,18)9-13(16)19-5/h10-12,15H,6-9H2,1-5H3. The lowest BCUT2D eigenvalue weighted by atomic mass is 9.71. The van der Waals surface area contributed by atoms with E-state index in [0.717, 1.165) is 12.8 Å². The van der Waals surface area contributed by atoms with Crippen molar-refractivity contribution >= 4 is 15.8 Å². The summed E-state index contributed by atoms with van der Waals surface area (Å²) in [7, 11) is -0.491. The van der Waals surface area contributed by atoms with E-state index < -0.39 is 26.8 Å². The largest absolute Gasteiger partial charge is 0.468 e. The van der Waals surface area contributed by atoms with E-state index >= 15 is 0 Å². The Morgan fingerprint density at radius 2 is 1.90 bits per heavy atom. The van der Waals surface area contributed by atoms with E-state index in [0.29, 0.717) is 12.3 Å². The molecule has 0 saturated heterocycles. The molecule has 3 unspecified atom stereocenters. The third-order valence-electron chi connectivity index (χ3n) is 4.40. The molecule has 1 aliphatic carbocycles. The fraction of sp³-hybridized carbons (Fsp3) is 0.929. The molecule has 118 valence electrons. The zero-order valence-electron chi connectivity index (χ0n) is 13.1. The van der Waals surface area contributed by atoms with E-state index in [-0.39, 0.29) is 11.5 Å². The SMILES string of the molecule is CNC1CCC(C(C)(C)C)CC1S(=O)(=O)CC(=O)OC. The second-order valence-corrected chi connectivity index (χ2v) is 8.91. The highest BCUT2D eigenvalue weighted by Gasteiger charge is 2.42. The van der Waals surface area contributed by atoms with Crippen LogP contribution in [-0.2, 0) is 19.4 Å². The van der Waals surface area contributed by atoms with E-state index in [1.807, 2.05) is 0 Å². The molecule has 1 aliphatic rings. The molecule has 3 atom stereocenters. The number of hydrogen-bond acceptors (Lipinski definition) is 5. The first kappa shape index (κ1) is 17.4. The van der Waals surface area contributed by atoms with Crippen molar-refractivity contribution in [1.29, 1.82) is 0 Å². The van der Waals surface area contributed by atoms with Gasteiger partial charge in [0.05, 0.1) is 12.4 Å². The minimum Gasteiger partial charge on any atom is -0.468 e. The van der Waals surface area contributed by atoms with Gasteiger partial charge in [0, 0.05) is 6.04 Å². The van der Waals surface area contributed by atoms with Crippen molar-refractivity contribution < 1.29 is 17.9 Å². The van der Waals surface area contributed by atoms with Crippen molar-refractivity contribution in [3.05, 3.63) is 0 Å². The molecule has 0 aromatic carbocycles. The van der Waals surface area contributed by atoms with E-state index in [1.54, 1.807) is 7.05 Å². The van der Waals surface area contributed by atoms with Crippen LogP contribution in [0.2, 0.25) is 0 Å². The Labute approximate surface area is 122 Å². The summed E-state index contributed by atoms with van der Waals surface area (Å²) in [5.74, 6) is -0.856. The molecule has 0 bridgehead atoms. The number of hydrogen-bond donors (Lipinski definition) is 1. The smallest absolute Gasteiger partial charge is 0.320 e. The molecule has 1 fully saturated rings. The molecular weight excluding hydrogens is 278 g/mol. The summed E-state index contributed by atoms with van der Waals surface area (Å²) in [6, 6.07) is -0.0803. The molecule has 0 amide bonds. The predicted molar refractivity (Wildman–Crippen MR) is 79.2 cm³/mol. The molecular formula is C14H27NO4S. The maximum absolute atomic E-state index is 12.5. The van der Waals surface area contributed by atoms with Crippen molar-refractivity contribution in [3.63, 3.8) is 0 Å². The minimum absolute atomic E-state index is 0.0803. The molecule has 5 nitrogen and oxygen atoms in total. The molecule has 0 aliphatic heterocycles. The lowest BCUT2D eigenvalue weighted by Crippen LogP contribution is -2.50. The number of methoxy groups -OCH3 is 1. The highest BCUT2D eigenvalue weighted by molar-refractivity contribution is 7.92. The van der Waals surface area contributed by atoms with Crippen LogP contribution in [-0.4, -0.2) is 45.6 Å². The zero-order chi connectivity index (χ0) is 15.6. The molecule has 0 radical (unpaired) electrons. The molecule has 0 aromatic rings. The molecule has 1 N–H and O–H groups in total. The van der Waals surface area contributed by atoms with E-state index in [2.05, 4.69) is 30.8 Å². The van der Waals surface area contributed by atoms with Gasteiger partial charge in [-0.25, -0.2) is 8.42 Å². The maximum Gasteiger partial charge on any atom is 0.320 e. The van der Waals surface area contributed by atoms with Gasteiger partial charge in [-0.1, -0.05) is 20.8 Å². The Kier molecular flexibility index (Phi) is 5.61. The monoisotopic (exact) mass is 305 g/mol. The Morgan fingerprint density at radius 1 is 1.30 bits per heavy atom. The summed E-state index contributed by atoms with van der Waals surface area (Å²) in [5.41, 5.74) is 0.0811. The first-order valence-electron chi connectivity index (χ1n) is 7.07. The molecule has 0 spiro atoms. The summed E-state index contributed by atoms with van der Waals surface area (Å²) >= 11 is 0. The van der Waals surface area contributed by atoms with Gasteiger partial charge in [-0.15, -0.1) is 0 Å². The van der Waals surface area contributed by atoms with Crippen LogP contribution in [0.15, 0.2) is 0 Å². The molecule has 0 heterocycles. The summed E-state index contributed by atoms with van der Waals surface area (Å²) in [5, 5.41) is 2.58. The first-order chi connectivity index (χ1) is 9.11. The molecule has 6 heteroatoms. The normalized spacial score (nSPS) is 28.1. The minimum atomic E-state index is -3.49. The van der Waals surface area contributed by atoms with Crippen molar-refractivity contribution in [2.24, 2.45) is 11.3 Å². The Bertz CT molecular complexity index is 439. The van der Waals surface area contributed by atoms with Crippen LogP contribution in [0.1, 0.15) is 40.0 Å². The van der Waals surface area contributed by atoms with Crippen molar-refractivity contribution in [1.82, 2.24) is 5.32 Å². The van der Waals surface area contributed by atoms with E-state index in [1.165, 1.54) is 7.11 Å². The molecule has 1 saturated carbocycles. The fourth-order valence-corrected chi connectivity index (χ4v) is 4.93. The van der Waals surface area contributed by atoms with Crippen molar-refractivity contribution in [3.8, 4) is 0 Å². The van der Waals surface area contributed by atoms with Gasteiger partial charge in [0.15, 0.2) is 9.84 Å². The molecule has 20 heavy (non-hydrogen) atoms. The highest BCUT2D eigenvalue weighted by atomic mass is 32.2. The summed E-state index contributed by atoms with van der Waals surface area (Å²) in [6.07, 6.45) is 2.44. The van der Waals surface area contributed by atoms with Crippen LogP contribution in [0.3, 0.4) is 0 Å². The molecule has 1 rings (SSSR count). The Balaban J connectivity index is 2.94. The average Bonchev–Trinajstić information content (AvgIpc) is 2.36. The molecule has 0 aromatic heterocycles. The van der Waals surface area contributed by atoms with Crippen molar-refractivity contribution in [2.45, 2.75) is 51.3 Å². The van der Waals surface area contributed by atoms with Crippen LogP contribution >= 0.6 is 0 Å². The first-order valence-corrected chi connectivity index (χ1v) is 8.79. The average molecular weight is 305 g/mol. The van der Waals surface area contributed by atoms with Gasteiger partial charge in [-0.05, 0) is 37.6 Å². The second kappa shape index (κ2) is 6.43. The predicted octanol–water partition coefficient (Wildman–Crippen LogP) is 1.38. The van der Waals surface area contributed by atoms with Gasteiger partial charge in [0.2, 0.25) is 0 Å². The quantitative estimate of drug-likeness (QED) is 0.794. The lowest BCUT2D eigenvalue weighted by Gasteiger charge is -2.41. The van der Waals surface area contributed by atoms with E-state index in [9.17, 15) is 13.2 Å². The number of esters is 1. The Hall–Kier alpha value is -0.620. The van der Waals surface area contributed by atoms with Crippen LogP contribution in [0.25, 0.3) is 0 Å². The highest BCUT2D eigenvalue weighted by Crippen LogP contribution is 2.40. The maximum atomic E-state index is 12.5. The van der Waals surface area contributed by atoms with Gasteiger partial charge >= 0.3 is 5.97 Å². The Morgan fingerprint density at radius 3 is 2.35 bits per heavy atom. The number of sulfone groups is 1. The van der Waals surface area contributed by atoms with Gasteiger partial charge in [-0.2, -0.15) is 0 Å². The number of ether oxygens (including phenoxy) is 1. The van der Waals surface area contributed by atoms with Gasteiger partial charge in [0.25, 0.3) is 0 Å². The third-order valence-corrected chi connectivity index (χ3v) is 6.48. The third kappa shape index (κ3) is 4.19. The van der Waals surface area contributed by atoms with Gasteiger partial charge in [-0.3, -0.25) is 4.79 Å². The summed E-state index contributed by atoms with van der Waals surface area (Å²) in [6.45, 7) is 6.42.